The summed E-state index contributed by atoms with van der Waals surface area (Å²) in [5, 5.41) is 0. The Morgan fingerprint density at radius 2 is 2.06 bits per heavy atom. The number of para-hydroxylation sites is 1. The molecule has 2 rings (SSSR count). The molecule has 0 spiro atoms. The predicted octanol–water partition coefficient (Wildman–Crippen LogP) is 3.07. The summed E-state index contributed by atoms with van der Waals surface area (Å²) < 4.78 is 5.53. The number of benzene rings is 1. The molecule has 2 N–H and O–H groups in total. The summed E-state index contributed by atoms with van der Waals surface area (Å²) in [6, 6.07) is 10.4. The van der Waals surface area contributed by atoms with E-state index >= 15 is 0 Å². The van der Waals surface area contributed by atoms with Crippen molar-refractivity contribution in [3.05, 3.63) is 53.5 Å². The Hall–Kier alpha value is -1.74. The summed E-state index contributed by atoms with van der Waals surface area (Å²) in [6.07, 6.45) is 1.74. The SMILES string of the molecule is CCN(Cc1cc(CN)co1)c1ccccc1C. The summed E-state index contributed by atoms with van der Waals surface area (Å²) in [6.45, 7) is 6.54. The molecule has 0 bridgehead atoms. The molecule has 0 aliphatic rings. The minimum atomic E-state index is 0.528. The molecule has 0 unspecified atom stereocenters. The highest BCUT2D eigenvalue weighted by molar-refractivity contribution is 5.52. The Labute approximate surface area is 108 Å². The Balaban J connectivity index is 2.17. The van der Waals surface area contributed by atoms with Gasteiger partial charge in [-0.1, -0.05) is 18.2 Å². The van der Waals surface area contributed by atoms with E-state index < -0.39 is 0 Å². The van der Waals surface area contributed by atoms with Gasteiger partial charge in [0.1, 0.15) is 5.76 Å². The lowest BCUT2D eigenvalue weighted by atomic mass is 10.1. The van der Waals surface area contributed by atoms with E-state index in [0.29, 0.717) is 6.54 Å². The molecular weight excluding hydrogens is 224 g/mol. The van der Waals surface area contributed by atoms with Crippen molar-refractivity contribution in [1.82, 2.24) is 0 Å². The molecule has 1 aromatic carbocycles. The maximum absolute atomic E-state index is 5.59. The number of hydrogen-bond donors (Lipinski definition) is 1. The lowest BCUT2D eigenvalue weighted by Gasteiger charge is -2.23. The maximum atomic E-state index is 5.59. The van der Waals surface area contributed by atoms with Gasteiger partial charge in [-0.15, -0.1) is 0 Å². The summed E-state index contributed by atoms with van der Waals surface area (Å²) >= 11 is 0. The number of hydrogen-bond acceptors (Lipinski definition) is 3. The van der Waals surface area contributed by atoms with Crippen molar-refractivity contribution < 1.29 is 4.42 Å². The van der Waals surface area contributed by atoms with Crippen molar-refractivity contribution in [3.63, 3.8) is 0 Å². The van der Waals surface area contributed by atoms with Gasteiger partial charge in [0, 0.05) is 24.3 Å². The third-order valence-electron chi connectivity index (χ3n) is 3.13. The van der Waals surface area contributed by atoms with Crippen molar-refractivity contribution >= 4 is 5.69 Å². The fraction of sp³-hybridized carbons (Fsp3) is 0.333. The Kier molecular flexibility index (Phi) is 4.05. The topological polar surface area (TPSA) is 42.4 Å². The Morgan fingerprint density at radius 1 is 1.28 bits per heavy atom. The first-order valence-electron chi connectivity index (χ1n) is 6.31. The first kappa shape index (κ1) is 12.7. The predicted molar refractivity (Wildman–Crippen MR) is 74.5 cm³/mol. The molecule has 0 atom stereocenters. The molecule has 0 saturated carbocycles. The fourth-order valence-corrected chi connectivity index (χ4v) is 2.09. The number of anilines is 1. The molecule has 0 fully saturated rings. The van der Waals surface area contributed by atoms with Crippen LogP contribution in [0.5, 0.6) is 0 Å². The van der Waals surface area contributed by atoms with E-state index in [2.05, 4.69) is 43.0 Å². The molecule has 3 nitrogen and oxygen atoms in total. The zero-order valence-corrected chi connectivity index (χ0v) is 11.0. The maximum Gasteiger partial charge on any atom is 0.123 e. The van der Waals surface area contributed by atoms with Gasteiger partial charge in [0.25, 0.3) is 0 Å². The monoisotopic (exact) mass is 244 g/mol. The normalized spacial score (nSPS) is 10.6. The van der Waals surface area contributed by atoms with Crippen molar-refractivity contribution in [1.29, 1.82) is 0 Å². The second kappa shape index (κ2) is 5.74. The molecule has 0 radical (unpaired) electrons. The minimum absolute atomic E-state index is 0.528. The Bertz CT molecular complexity index is 505. The molecule has 96 valence electrons. The number of furan rings is 1. The Morgan fingerprint density at radius 3 is 2.67 bits per heavy atom. The molecule has 2 aromatic rings. The summed E-state index contributed by atoms with van der Waals surface area (Å²) in [4.78, 5) is 2.30. The van der Waals surface area contributed by atoms with Crippen LogP contribution in [0, 0.1) is 6.92 Å². The second-order valence-electron chi connectivity index (χ2n) is 4.43. The molecule has 0 amide bonds. The van der Waals surface area contributed by atoms with E-state index in [0.717, 1.165) is 24.4 Å². The van der Waals surface area contributed by atoms with Gasteiger partial charge in [-0.3, -0.25) is 0 Å². The molecule has 0 aliphatic carbocycles. The summed E-state index contributed by atoms with van der Waals surface area (Å²) in [5.41, 5.74) is 9.17. The minimum Gasteiger partial charge on any atom is -0.467 e. The van der Waals surface area contributed by atoms with Crippen LogP contribution in [0.1, 0.15) is 23.8 Å². The average Bonchev–Trinajstić information content (AvgIpc) is 2.85. The van der Waals surface area contributed by atoms with Crippen LogP contribution in [0.3, 0.4) is 0 Å². The zero-order valence-electron chi connectivity index (χ0n) is 11.0. The number of nitrogens with zero attached hydrogens (tertiary/aromatic N) is 1. The molecule has 18 heavy (non-hydrogen) atoms. The van der Waals surface area contributed by atoms with Crippen LogP contribution in [0.2, 0.25) is 0 Å². The van der Waals surface area contributed by atoms with Crippen LogP contribution in [0.25, 0.3) is 0 Å². The summed E-state index contributed by atoms with van der Waals surface area (Å²) in [7, 11) is 0. The smallest absolute Gasteiger partial charge is 0.123 e. The number of nitrogens with two attached hydrogens (primary N) is 1. The second-order valence-corrected chi connectivity index (χ2v) is 4.43. The first-order valence-corrected chi connectivity index (χ1v) is 6.31. The third kappa shape index (κ3) is 2.74. The largest absolute Gasteiger partial charge is 0.467 e. The molecule has 1 aromatic heterocycles. The van der Waals surface area contributed by atoms with E-state index in [-0.39, 0.29) is 0 Å². The van der Waals surface area contributed by atoms with Gasteiger partial charge in [-0.05, 0) is 31.5 Å². The van der Waals surface area contributed by atoms with Crippen LogP contribution in [0.4, 0.5) is 5.69 Å². The van der Waals surface area contributed by atoms with Crippen molar-refractivity contribution in [3.8, 4) is 0 Å². The highest BCUT2D eigenvalue weighted by Crippen LogP contribution is 2.22. The fourth-order valence-electron chi connectivity index (χ4n) is 2.09. The van der Waals surface area contributed by atoms with Crippen molar-refractivity contribution in [2.75, 3.05) is 11.4 Å². The van der Waals surface area contributed by atoms with Crippen molar-refractivity contribution in [2.45, 2.75) is 26.9 Å². The van der Waals surface area contributed by atoms with E-state index in [1.807, 2.05) is 6.07 Å². The van der Waals surface area contributed by atoms with Crippen LogP contribution < -0.4 is 10.6 Å². The number of aryl methyl sites for hydroxylation is 1. The van der Waals surface area contributed by atoms with Crippen LogP contribution >= 0.6 is 0 Å². The molecule has 1 heterocycles. The van der Waals surface area contributed by atoms with Gasteiger partial charge < -0.3 is 15.1 Å². The number of rotatable bonds is 5. The van der Waals surface area contributed by atoms with E-state index in [1.54, 1.807) is 6.26 Å². The van der Waals surface area contributed by atoms with Gasteiger partial charge in [-0.2, -0.15) is 0 Å². The average molecular weight is 244 g/mol. The van der Waals surface area contributed by atoms with Gasteiger partial charge in [-0.25, -0.2) is 0 Å². The van der Waals surface area contributed by atoms with Crippen LogP contribution in [0.15, 0.2) is 41.0 Å². The van der Waals surface area contributed by atoms with Crippen LogP contribution in [-0.2, 0) is 13.1 Å². The lowest BCUT2D eigenvalue weighted by molar-refractivity contribution is 0.502. The lowest BCUT2D eigenvalue weighted by Crippen LogP contribution is -2.22. The zero-order chi connectivity index (χ0) is 13.0. The highest BCUT2D eigenvalue weighted by Gasteiger charge is 2.10. The third-order valence-corrected chi connectivity index (χ3v) is 3.13. The van der Waals surface area contributed by atoms with E-state index in [9.17, 15) is 0 Å². The molecule has 0 aliphatic heterocycles. The standard InChI is InChI=1S/C15H20N2O/c1-3-17(15-7-5-4-6-12(15)2)10-14-8-13(9-16)11-18-14/h4-8,11H,3,9-10,16H2,1-2H3. The molecular formula is C15H20N2O. The van der Waals surface area contributed by atoms with Gasteiger partial charge >= 0.3 is 0 Å². The highest BCUT2D eigenvalue weighted by atomic mass is 16.3. The summed E-state index contributed by atoms with van der Waals surface area (Å²) in [5.74, 6) is 0.959. The van der Waals surface area contributed by atoms with Gasteiger partial charge in [0.2, 0.25) is 0 Å². The van der Waals surface area contributed by atoms with E-state index in [1.165, 1.54) is 11.3 Å². The van der Waals surface area contributed by atoms with Crippen molar-refractivity contribution in [2.24, 2.45) is 5.73 Å². The molecule has 0 saturated heterocycles. The van der Waals surface area contributed by atoms with E-state index in [4.69, 9.17) is 10.2 Å². The quantitative estimate of drug-likeness (QED) is 0.879. The molecule has 3 heteroatoms. The van der Waals surface area contributed by atoms with Gasteiger partial charge in [0.05, 0.1) is 12.8 Å². The van der Waals surface area contributed by atoms with Gasteiger partial charge in [0.15, 0.2) is 0 Å². The van der Waals surface area contributed by atoms with Crippen LogP contribution in [-0.4, -0.2) is 6.54 Å². The first-order chi connectivity index (χ1) is 8.74.